The predicted octanol–water partition coefficient (Wildman–Crippen LogP) is 5.78. The van der Waals surface area contributed by atoms with Crippen LogP contribution in [0.2, 0.25) is 0 Å². The first-order valence-corrected chi connectivity index (χ1v) is 13.9. The molecule has 0 atom stereocenters. The molecule has 0 aromatic heterocycles. The number of anilines is 3. The smallest absolute Gasteiger partial charge is 0.161 e. The molecule has 7 rings (SSSR count). The van der Waals surface area contributed by atoms with E-state index in [1.54, 1.807) is 21.3 Å². The molecular weight excluding hydrogens is 534 g/mol. The predicted molar refractivity (Wildman–Crippen MR) is 160 cm³/mol. The van der Waals surface area contributed by atoms with E-state index in [4.69, 9.17) is 28.4 Å². The summed E-state index contributed by atoms with van der Waals surface area (Å²) in [5.74, 6) is 5.02. The minimum atomic E-state index is 0.422. The van der Waals surface area contributed by atoms with E-state index in [1.165, 1.54) is 0 Å². The Hall–Kier alpha value is -4.92. The van der Waals surface area contributed by atoms with Crippen LogP contribution in [-0.4, -0.2) is 41.5 Å². The van der Waals surface area contributed by atoms with E-state index in [2.05, 4.69) is 51.1 Å². The first kappa shape index (κ1) is 26.0. The van der Waals surface area contributed by atoms with Gasteiger partial charge in [-0.15, -0.1) is 0 Å². The summed E-state index contributed by atoms with van der Waals surface area (Å²) in [5, 5.41) is 0. The van der Waals surface area contributed by atoms with Gasteiger partial charge in [0.15, 0.2) is 20.2 Å². The molecule has 0 spiro atoms. The van der Waals surface area contributed by atoms with Gasteiger partial charge in [-0.3, -0.25) is 0 Å². The summed E-state index contributed by atoms with van der Waals surface area (Å²) in [4.78, 5) is 6.62. The minimum absolute atomic E-state index is 0.422. The first-order valence-electron chi connectivity index (χ1n) is 13.9. The van der Waals surface area contributed by atoms with Crippen molar-refractivity contribution in [1.82, 2.24) is 0 Å². The van der Waals surface area contributed by atoms with Crippen molar-refractivity contribution < 1.29 is 28.4 Å². The lowest BCUT2D eigenvalue weighted by atomic mass is 9.96. The molecule has 0 radical (unpaired) electrons. The van der Waals surface area contributed by atoms with Gasteiger partial charge in [-0.1, -0.05) is 0 Å². The van der Waals surface area contributed by atoms with Crippen molar-refractivity contribution in [3.8, 4) is 34.5 Å². The Labute approximate surface area is 245 Å². The van der Waals surface area contributed by atoms with Gasteiger partial charge in [-0.05, 0) is 72.8 Å². The maximum absolute atomic E-state index is 6.53. The van der Waals surface area contributed by atoms with Crippen LogP contribution in [0.1, 0.15) is 16.7 Å². The number of nitrogens with zero attached hydrogens (tertiary/aromatic N) is 3. The summed E-state index contributed by atoms with van der Waals surface area (Å²) in [6.45, 7) is 3.23. The van der Waals surface area contributed by atoms with Crippen LogP contribution in [0.25, 0.3) is 0 Å². The number of rotatable bonds is 6. The maximum atomic E-state index is 6.53. The second-order valence-electron chi connectivity index (χ2n) is 10.4. The van der Waals surface area contributed by atoms with E-state index in [9.17, 15) is 0 Å². The topological polar surface area (TPSA) is 65.1 Å². The van der Waals surface area contributed by atoms with Crippen LogP contribution in [-0.2, 0) is 19.6 Å². The standard InChI is InChI=1S/C33H33N3O6/c1-37-25-10-4-22(5-11-25)34-16-28-31(40-19-34)29-17-35(23-6-12-26(38-2)13-7-23)21-42-33(29)30-18-36(20-41-32(28)30)24-8-14-27(39-3)15-9-24/h4-15H,16-21H2,1-3H3. The molecule has 9 heteroatoms. The van der Waals surface area contributed by atoms with E-state index in [0.717, 1.165) is 68.2 Å². The molecule has 216 valence electrons. The van der Waals surface area contributed by atoms with Crippen molar-refractivity contribution in [2.75, 3.05) is 56.2 Å². The van der Waals surface area contributed by atoms with E-state index < -0.39 is 0 Å². The lowest BCUT2D eigenvalue weighted by Crippen LogP contribution is -2.39. The molecule has 0 N–H and O–H groups in total. The lowest BCUT2D eigenvalue weighted by molar-refractivity contribution is 0.234. The molecule has 0 saturated heterocycles. The van der Waals surface area contributed by atoms with Gasteiger partial charge in [-0.2, -0.15) is 0 Å². The Balaban J connectivity index is 1.27. The van der Waals surface area contributed by atoms with Crippen molar-refractivity contribution in [3.63, 3.8) is 0 Å². The lowest BCUT2D eigenvalue weighted by Gasteiger charge is -2.41. The molecule has 0 unspecified atom stereocenters. The quantitative estimate of drug-likeness (QED) is 0.288. The van der Waals surface area contributed by atoms with Crippen molar-refractivity contribution in [1.29, 1.82) is 0 Å². The summed E-state index contributed by atoms with van der Waals surface area (Å²) >= 11 is 0. The normalized spacial score (nSPS) is 15.4. The van der Waals surface area contributed by atoms with E-state index >= 15 is 0 Å². The van der Waals surface area contributed by atoms with E-state index in [1.807, 2.05) is 36.4 Å². The van der Waals surface area contributed by atoms with E-state index in [0.29, 0.717) is 39.8 Å². The number of hydrogen-bond donors (Lipinski definition) is 0. The highest BCUT2D eigenvalue weighted by atomic mass is 16.5. The second kappa shape index (κ2) is 10.8. The fourth-order valence-corrected chi connectivity index (χ4v) is 5.82. The van der Waals surface area contributed by atoms with Crippen LogP contribution in [0.4, 0.5) is 17.1 Å². The van der Waals surface area contributed by atoms with Crippen LogP contribution in [0, 0.1) is 0 Å². The van der Waals surface area contributed by atoms with Gasteiger partial charge in [0.2, 0.25) is 0 Å². The number of benzene rings is 4. The van der Waals surface area contributed by atoms with Gasteiger partial charge in [0.25, 0.3) is 0 Å². The van der Waals surface area contributed by atoms with Crippen LogP contribution in [0.3, 0.4) is 0 Å². The molecule has 0 amide bonds. The average molecular weight is 568 g/mol. The third-order valence-electron chi connectivity index (χ3n) is 8.10. The molecule has 0 fully saturated rings. The minimum Gasteiger partial charge on any atom is -0.497 e. The largest absolute Gasteiger partial charge is 0.497 e. The fourth-order valence-electron chi connectivity index (χ4n) is 5.82. The molecular formula is C33H33N3O6. The van der Waals surface area contributed by atoms with Crippen molar-refractivity contribution in [3.05, 3.63) is 89.5 Å². The highest BCUT2D eigenvalue weighted by molar-refractivity contribution is 5.69. The van der Waals surface area contributed by atoms with Gasteiger partial charge in [-0.25, -0.2) is 0 Å². The summed E-state index contributed by atoms with van der Waals surface area (Å²) < 4.78 is 35.7. The van der Waals surface area contributed by atoms with Crippen LogP contribution >= 0.6 is 0 Å². The summed E-state index contributed by atoms with van der Waals surface area (Å²) in [5.41, 5.74) is 6.29. The number of fused-ring (bicyclic) bond motifs is 6. The summed E-state index contributed by atoms with van der Waals surface area (Å²) in [6.07, 6.45) is 0. The Morgan fingerprint density at radius 1 is 0.429 bits per heavy atom. The maximum Gasteiger partial charge on any atom is 0.161 e. The molecule has 0 bridgehead atoms. The second-order valence-corrected chi connectivity index (χ2v) is 10.4. The van der Waals surface area contributed by atoms with Gasteiger partial charge < -0.3 is 43.1 Å². The zero-order valence-corrected chi connectivity index (χ0v) is 24.0. The monoisotopic (exact) mass is 567 g/mol. The highest BCUT2D eigenvalue weighted by Gasteiger charge is 2.37. The summed E-state index contributed by atoms with van der Waals surface area (Å²) in [7, 11) is 5.03. The third kappa shape index (κ3) is 4.60. The van der Waals surface area contributed by atoms with Gasteiger partial charge in [0.1, 0.15) is 34.5 Å². The average Bonchev–Trinajstić information content (AvgIpc) is 3.07. The molecule has 0 saturated carbocycles. The van der Waals surface area contributed by atoms with Crippen LogP contribution in [0.5, 0.6) is 34.5 Å². The van der Waals surface area contributed by atoms with Crippen LogP contribution < -0.4 is 43.1 Å². The Bertz CT molecular complexity index is 1360. The number of hydrogen-bond acceptors (Lipinski definition) is 9. The third-order valence-corrected chi connectivity index (χ3v) is 8.10. The van der Waals surface area contributed by atoms with Gasteiger partial charge in [0, 0.05) is 17.1 Å². The van der Waals surface area contributed by atoms with Crippen molar-refractivity contribution in [2.24, 2.45) is 0 Å². The Kier molecular flexibility index (Phi) is 6.70. The zero-order valence-electron chi connectivity index (χ0n) is 24.0. The highest BCUT2D eigenvalue weighted by Crippen LogP contribution is 2.50. The number of methoxy groups -OCH3 is 3. The molecule has 9 nitrogen and oxygen atoms in total. The SMILES string of the molecule is COc1ccc(N2COc3c(c4c(c5c3CN(c3ccc(OC)cc3)CO5)CN(c3ccc(OC)cc3)CO4)C2)cc1. The summed E-state index contributed by atoms with van der Waals surface area (Å²) in [6, 6.07) is 24.1. The molecule has 4 aromatic carbocycles. The van der Waals surface area contributed by atoms with Gasteiger partial charge in [0.05, 0.1) is 57.7 Å². The van der Waals surface area contributed by atoms with E-state index in [-0.39, 0.29) is 0 Å². The molecule has 0 aliphatic carbocycles. The Morgan fingerprint density at radius 2 is 0.690 bits per heavy atom. The van der Waals surface area contributed by atoms with Gasteiger partial charge >= 0.3 is 0 Å². The molecule has 42 heavy (non-hydrogen) atoms. The Morgan fingerprint density at radius 3 is 0.929 bits per heavy atom. The molecule has 4 aromatic rings. The van der Waals surface area contributed by atoms with Crippen molar-refractivity contribution >= 4 is 17.1 Å². The first-order chi connectivity index (χ1) is 20.6. The number of ether oxygens (including phenoxy) is 6. The molecule has 3 heterocycles. The van der Waals surface area contributed by atoms with Crippen LogP contribution in [0.15, 0.2) is 72.8 Å². The molecule has 3 aliphatic rings. The fraction of sp³-hybridized carbons (Fsp3) is 0.273. The zero-order chi connectivity index (χ0) is 28.6. The molecule has 3 aliphatic heterocycles. The van der Waals surface area contributed by atoms with Crippen molar-refractivity contribution in [2.45, 2.75) is 19.6 Å².